The van der Waals surface area contributed by atoms with Crippen LogP contribution in [0.2, 0.25) is 0 Å². The monoisotopic (exact) mass is 456 g/mol. The fraction of sp³-hybridized carbons (Fsp3) is 0.867. The third kappa shape index (κ3) is 3.46. The number of aliphatic hydroxyl groups excluding tert-OH is 1. The third-order valence-corrected chi connectivity index (χ3v) is 11.8. The molecule has 0 aromatic carbocycles. The summed E-state index contributed by atoms with van der Waals surface area (Å²) in [6.45, 7) is 18.0. The van der Waals surface area contributed by atoms with Gasteiger partial charge in [0.15, 0.2) is 5.78 Å². The van der Waals surface area contributed by atoms with Gasteiger partial charge in [0.1, 0.15) is 11.9 Å². The number of hydrogen-bond donors (Lipinski definition) is 1. The van der Waals surface area contributed by atoms with Crippen molar-refractivity contribution < 1.29 is 14.7 Å². The summed E-state index contributed by atoms with van der Waals surface area (Å²) in [4.78, 5) is 25.5. The molecule has 3 nitrogen and oxygen atoms in total. The van der Waals surface area contributed by atoms with Crippen LogP contribution in [0.3, 0.4) is 0 Å². The smallest absolute Gasteiger partial charge is 0.161 e. The second-order valence-electron chi connectivity index (χ2n) is 13.9. The van der Waals surface area contributed by atoms with E-state index in [1.54, 1.807) is 5.57 Å². The number of carbonyl (C=O) groups excluding carboxylic acids is 2. The Morgan fingerprint density at radius 1 is 1.06 bits per heavy atom. The normalized spacial score (nSPS) is 43.9. The van der Waals surface area contributed by atoms with Crippen molar-refractivity contribution in [2.45, 2.75) is 113 Å². The summed E-state index contributed by atoms with van der Waals surface area (Å²) >= 11 is 0. The van der Waals surface area contributed by atoms with Crippen LogP contribution in [0, 0.1) is 51.2 Å². The van der Waals surface area contributed by atoms with Crippen molar-refractivity contribution in [1.29, 1.82) is 0 Å². The Hall–Kier alpha value is -0.960. The molecule has 0 saturated heterocycles. The van der Waals surface area contributed by atoms with Gasteiger partial charge in [-0.05, 0) is 84.4 Å². The molecule has 1 unspecified atom stereocenters. The van der Waals surface area contributed by atoms with Crippen LogP contribution in [0.25, 0.3) is 0 Å². The minimum Gasteiger partial charge on any atom is -0.385 e. The van der Waals surface area contributed by atoms with Crippen molar-refractivity contribution >= 4 is 11.6 Å². The van der Waals surface area contributed by atoms with E-state index in [2.05, 4.69) is 47.6 Å². The zero-order valence-electron chi connectivity index (χ0n) is 22.5. The van der Waals surface area contributed by atoms with E-state index < -0.39 is 6.10 Å². The maximum atomic E-state index is 12.8. The van der Waals surface area contributed by atoms with Crippen LogP contribution >= 0.6 is 0 Å². The Balaban J connectivity index is 1.62. The Kier molecular flexibility index (Phi) is 6.12. The zero-order valence-corrected chi connectivity index (χ0v) is 22.5. The molecule has 33 heavy (non-hydrogen) atoms. The second kappa shape index (κ2) is 8.04. The minimum atomic E-state index is -0.834. The molecule has 0 aromatic heterocycles. The van der Waals surface area contributed by atoms with Gasteiger partial charge in [-0.15, -0.1) is 0 Å². The Bertz CT molecular complexity index is 853. The van der Waals surface area contributed by atoms with Crippen molar-refractivity contribution in [2.75, 3.05) is 0 Å². The van der Waals surface area contributed by atoms with E-state index in [9.17, 15) is 14.7 Å². The van der Waals surface area contributed by atoms with Crippen molar-refractivity contribution in [1.82, 2.24) is 0 Å². The fourth-order valence-electron chi connectivity index (χ4n) is 9.42. The van der Waals surface area contributed by atoms with Gasteiger partial charge < -0.3 is 5.11 Å². The predicted octanol–water partition coefficient (Wildman–Crippen LogP) is 6.77. The molecule has 8 atom stereocenters. The highest BCUT2D eigenvalue weighted by atomic mass is 16.3. The standard InChI is InChI=1S/C30H48O3/c1-18(2)26(33)23(31)17-19(3)20-11-15-30(8)22-9-10-24-27(4,5)25(32)13-14-28(24,6)21(22)12-16-29(20,30)7/h9,18-21,24,26,33H,10-17H2,1-8H3/t19-,20-,21-,24-,26?,28+,29-,30+/m0/s1. The van der Waals surface area contributed by atoms with Crippen LogP contribution in [0.1, 0.15) is 107 Å². The summed E-state index contributed by atoms with van der Waals surface area (Å²) in [5, 5.41) is 10.3. The Morgan fingerprint density at radius 2 is 1.73 bits per heavy atom. The molecule has 0 aromatic rings. The van der Waals surface area contributed by atoms with E-state index >= 15 is 0 Å². The molecule has 3 saturated carbocycles. The highest BCUT2D eigenvalue weighted by Crippen LogP contribution is 2.73. The highest BCUT2D eigenvalue weighted by Gasteiger charge is 2.65. The summed E-state index contributed by atoms with van der Waals surface area (Å²) in [7, 11) is 0. The maximum absolute atomic E-state index is 12.8. The fourth-order valence-corrected chi connectivity index (χ4v) is 9.42. The number of carbonyl (C=O) groups is 2. The number of rotatable bonds is 5. The number of allylic oxidation sites excluding steroid dienone is 2. The maximum Gasteiger partial charge on any atom is 0.161 e. The lowest BCUT2D eigenvalue weighted by Gasteiger charge is -2.63. The van der Waals surface area contributed by atoms with Crippen LogP contribution in [-0.4, -0.2) is 22.8 Å². The van der Waals surface area contributed by atoms with Crippen molar-refractivity contribution in [3.63, 3.8) is 0 Å². The van der Waals surface area contributed by atoms with Crippen LogP contribution in [-0.2, 0) is 9.59 Å². The minimum absolute atomic E-state index is 0.0164. The molecule has 4 aliphatic carbocycles. The molecule has 0 amide bonds. The van der Waals surface area contributed by atoms with E-state index in [4.69, 9.17) is 0 Å². The highest BCUT2D eigenvalue weighted by molar-refractivity contribution is 5.85. The van der Waals surface area contributed by atoms with Crippen molar-refractivity contribution in [3.05, 3.63) is 11.6 Å². The molecule has 4 rings (SSSR count). The molecular formula is C30H48O3. The number of Topliss-reactive ketones (excluding diaryl/α,β-unsaturated/α-hetero) is 2. The number of aliphatic hydroxyl groups is 1. The molecule has 0 aliphatic heterocycles. The van der Waals surface area contributed by atoms with Crippen molar-refractivity contribution in [3.8, 4) is 0 Å². The molecule has 0 heterocycles. The second-order valence-corrected chi connectivity index (χ2v) is 13.9. The summed E-state index contributed by atoms with van der Waals surface area (Å²) in [6, 6.07) is 0. The molecule has 0 spiro atoms. The van der Waals surface area contributed by atoms with Crippen LogP contribution in [0.5, 0.6) is 0 Å². The average molecular weight is 457 g/mol. The first-order valence-electron chi connectivity index (χ1n) is 13.6. The van der Waals surface area contributed by atoms with E-state index in [1.807, 2.05) is 13.8 Å². The predicted molar refractivity (Wildman–Crippen MR) is 134 cm³/mol. The number of hydrogen-bond acceptors (Lipinski definition) is 3. The first-order valence-corrected chi connectivity index (χ1v) is 13.6. The first-order chi connectivity index (χ1) is 15.2. The molecule has 1 N–H and O–H groups in total. The molecule has 4 aliphatic rings. The van der Waals surface area contributed by atoms with Gasteiger partial charge in [0.05, 0.1) is 0 Å². The lowest BCUT2D eigenvalue weighted by molar-refractivity contribution is -0.146. The first kappa shape index (κ1) is 25.1. The molecular weight excluding hydrogens is 408 g/mol. The van der Waals surface area contributed by atoms with Crippen LogP contribution in [0.4, 0.5) is 0 Å². The lowest BCUT2D eigenvalue weighted by Crippen LogP contribution is -2.57. The van der Waals surface area contributed by atoms with E-state index in [0.29, 0.717) is 35.9 Å². The average Bonchev–Trinajstić information content (AvgIpc) is 3.02. The van der Waals surface area contributed by atoms with Gasteiger partial charge in [-0.25, -0.2) is 0 Å². The number of fused-ring (bicyclic) bond motifs is 5. The number of ketones is 2. The molecule has 3 fully saturated rings. The van der Waals surface area contributed by atoms with E-state index in [0.717, 1.165) is 19.3 Å². The van der Waals surface area contributed by atoms with Gasteiger partial charge in [-0.3, -0.25) is 9.59 Å². The largest absolute Gasteiger partial charge is 0.385 e. The molecule has 0 bridgehead atoms. The van der Waals surface area contributed by atoms with E-state index in [1.165, 1.54) is 25.7 Å². The topological polar surface area (TPSA) is 54.4 Å². The summed E-state index contributed by atoms with van der Waals surface area (Å²) in [5.74, 6) is 2.30. The summed E-state index contributed by atoms with van der Waals surface area (Å²) < 4.78 is 0. The Morgan fingerprint density at radius 3 is 2.36 bits per heavy atom. The summed E-state index contributed by atoms with van der Waals surface area (Å²) in [6.07, 6.45) is 9.82. The van der Waals surface area contributed by atoms with Gasteiger partial charge in [0.25, 0.3) is 0 Å². The van der Waals surface area contributed by atoms with E-state index in [-0.39, 0.29) is 33.4 Å². The SMILES string of the molecule is CC(C)C(O)C(=O)C[C@H](C)[C@@H]1CC[C@]2(C)C3=CC[C@H]4C(C)(C)C(=O)CC[C@]4(C)[C@H]3CC[C@@]12C. The Labute approximate surface area is 202 Å². The molecule has 0 radical (unpaired) electrons. The molecule has 3 heteroatoms. The lowest BCUT2D eigenvalue weighted by atomic mass is 9.41. The summed E-state index contributed by atoms with van der Waals surface area (Å²) in [5.41, 5.74) is 2.05. The molecule has 186 valence electrons. The zero-order chi connectivity index (χ0) is 24.6. The van der Waals surface area contributed by atoms with Crippen LogP contribution in [0.15, 0.2) is 11.6 Å². The quantitative estimate of drug-likeness (QED) is 0.464. The van der Waals surface area contributed by atoms with Gasteiger partial charge in [0, 0.05) is 18.3 Å². The third-order valence-electron chi connectivity index (χ3n) is 11.8. The van der Waals surface area contributed by atoms with Gasteiger partial charge in [-0.2, -0.15) is 0 Å². The van der Waals surface area contributed by atoms with Crippen molar-refractivity contribution in [2.24, 2.45) is 51.2 Å². The van der Waals surface area contributed by atoms with Gasteiger partial charge in [-0.1, -0.05) is 67.0 Å². The van der Waals surface area contributed by atoms with Crippen LogP contribution < -0.4 is 0 Å². The van der Waals surface area contributed by atoms with Gasteiger partial charge in [0.2, 0.25) is 0 Å². The van der Waals surface area contributed by atoms with Gasteiger partial charge >= 0.3 is 0 Å².